The van der Waals surface area contributed by atoms with Crippen LogP contribution in [-0.4, -0.2) is 48.4 Å². The van der Waals surface area contributed by atoms with Crippen LogP contribution in [0.3, 0.4) is 0 Å². The van der Waals surface area contributed by atoms with Crippen molar-refractivity contribution in [3.63, 3.8) is 0 Å². The van der Waals surface area contributed by atoms with E-state index in [2.05, 4.69) is 51.5 Å². The minimum absolute atomic E-state index is 0.464. The van der Waals surface area contributed by atoms with Crippen molar-refractivity contribution in [1.82, 2.24) is 9.80 Å². The highest BCUT2D eigenvalue weighted by atomic mass is 16.2. The van der Waals surface area contributed by atoms with Gasteiger partial charge in [0.2, 0.25) is 5.91 Å². The fraction of sp³-hybridized carbons (Fsp3) is 0.981. The summed E-state index contributed by atoms with van der Waals surface area (Å²) in [7, 11) is 2.28. The number of carbonyl (C=O) groups excluding carboxylic acids is 1. The van der Waals surface area contributed by atoms with Crippen LogP contribution in [0.4, 0.5) is 0 Å². The first-order valence-electron chi connectivity index (χ1n) is 26.5. The summed E-state index contributed by atoms with van der Waals surface area (Å²) in [5.74, 6) is 1.47. The summed E-state index contributed by atoms with van der Waals surface area (Å²) in [5, 5.41) is 0. The highest BCUT2D eigenvalue weighted by molar-refractivity contribution is 5.76. The lowest BCUT2D eigenvalue weighted by Crippen LogP contribution is -2.41. The molecule has 2 unspecified atom stereocenters. The highest BCUT2D eigenvalue weighted by Gasteiger charge is 2.23. The summed E-state index contributed by atoms with van der Waals surface area (Å²) < 4.78 is 0. The molecule has 0 bridgehead atoms. The molecular formula is C53H108N2O. The van der Waals surface area contributed by atoms with Crippen molar-refractivity contribution in [3.8, 4) is 0 Å². The molecule has 0 aromatic rings. The van der Waals surface area contributed by atoms with Crippen LogP contribution in [0.25, 0.3) is 0 Å². The van der Waals surface area contributed by atoms with Gasteiger partial charge in [0.15, 0.2) is 0 Å². The average molecular weight is 789 g/mol. The average Bonchev–Trinajstić information content (AvgIpc) is 3.20. The maximum Gasteiger partial charge on any atom is 0.222 e. The predicted molar refractivity (Wildman–Crippen MR) is 254 cm³/mol. The van der Waals surface area contributed by atoms with Crippen LogP contribution in [0, 0.1) is 5.92 Å². The molecule has 56 heavy (non-hydrogen) atoms. The molecule has 0 rings (SSSR count). The first-order chi connectivity index (χ1) is 27.5. The van der Waals surface area contributed by atoms with Gasteiger partial charge in [0.1, 0.15) is 0 Å². The van der Waals surface area contributed by atoms with Gasteiger partial charge in [0.25, 0.3) is 0 Å². The van der Waals surface area contributed by atoms with E-state index < -0.39 is 0 Å². The van der Waals surface area contributed by atoms with Crippen LogP contribution in [0.2, 0.25) is 0 Å². The Kier molecular flexibility index (Phi) is 45.0. The van der Waals surface area contributed by atoms with Crippen molar-refractivity contribution >= 4 is 5.91 Å². The van der Waals surface area contributed by atoms with Crippen LogP contribution in [-0.2, 0) is 4.79 Å². The fourth-order valence-electron chi connectivity index (χ4n) is 9.10. The fourth-order valence-corrected chi connectivity index (χ4v) is 9.10. The predicted octanol–water partition coefficient (Wildman–Crippen LogP) is 17.8. The second kappa shape index (κ2) is 45.5. The lowest BCUT2D eigenvalue weighted by Gasteiger charge is -2.33. The maximum atomic E-state index is 14.1. The van der Waals surface area contributed by atoms with E-state index in [0.717, 1.165) is 38.3 Å². The number of hydrogen-bond acceptors (Lipinski definition) is 2. The van der Waals surface area contributed by atoms with Gasteiger partial charge in [0, 0.05) is 19.0 Å². The largest absolute Gasteiger partial charge is 0.340 e. The molecule has 0 spiro atoms. The lowest BCUT2D eigenvalue weighted by molar-refractivity contribution is -0.134. The Morgan fingerprint density at radius 3 is 1.09 bits per heavy atom. The van der Waals surface area contributed by atoms with Gasteiger partial charge >= 0.3 is 0 Å². The molecule has 0 aromatic carbocycles. The van der Waals surface area contributed by atoms with E-state index in [0.29, 0.717) is 11.9 Å². The van der Waals surface area contributed by atoms with Crippen molar-refractivity contribution < 1.29 is 4.79 Å². The van der Waals surface area contributed by atoms with Gasteiger partial charge in [-0.25, -0.2) is 0 Å². The Bertz CT molecular complexity index is 754. The molecule has 0 N–H and O–H groups in total. The minimum atomic E-state index is 0.464. The van der Waals surface area contributed by atoms with Gasteiger partial charge in [-0.1, -0.05) is 253 Å². The molecule has 0 aliphatic carbocycles. The molecule has 0 heterocycles. The summed E-state index contributed by atoms with van der Waals surface area (Å²) in [4.78, 5) is 19.0. The first-order valence-corrected chi connectivity index (χ1v) is 26.5. The summed E-state index contributed by atoms with van der Waals surface area (Å²) in [5.41, 5.74) is 0. The van der Waals surface area contributed by atoms with E-state index in [4.69, 9.17) is 0 Å². The van der Waals surface area contributed by atoms with E-state index >= 15 is 0 Å². The van der Waals surface area contributed by atoms with Gasteiger partial charge in [0.05, 0.1) is 0 Å². The smallest absolute Gasteiger partial charge is 0.222 e. The molecule has 0 aromatic heterocycles. The number of unbranched alkanes of at least 4 members (excludes halogenated alkanes) is 28. The van der Waals surface area contributed by atoms with Crippen LogP contribution >= 0.6 is 0 Å². The van der Waals surface area contributed by atoms with E-state index in [1.807, 2.05) is 0 Å². The number of rotatable bonds is 47. The monoisotopic (exact) mass is 789 g/mol. The molecule has 1 amide bonds. The molecule has 0 aliphatic heterocycles. The lowest BCUT2D eigenvalue weighted by atomic mass is 9.90. The van der Waals surface area contributed by atoms with Gasteiger partial charge in [-0.2, -0.15) is 0 Å². The van der Waals surface area contributed by atoms with Gasteiger partial charge in [-0.3, -0.25) is 4.79 Å². The summed E-state index contributed by atoms with van der Waals surface area (Å²) >= 11 is 0. The zero-order valence-corrected chi connectivity index (χ0v) is 40.1. The van der Waals surface area contributed by atoms with Crippen LogP contribution in [0.1, 0.15) is 298 Å². The van der Waals surface area contributed by atoms with Crippen LogP contribution < -0.4 is 0 Å². The van der Waals surface area contributed by atoms with Gasteiger partial charge in [-0.05, 0) is 64.6 Å². The molecule has 2 atom stereocenters. The number of carbonyl (C=O) groups is 1. The van der Waals surface area contributed by atoms with E-state index in [1.54, 1.807) is 0 Å². The summed E-state index contributed by atoms with van der Waals surface area (Å²) in [6.45, 7) is 15.0. The molecule has 0 fully saturated rings. The number of nitrogens with zero attached hydrogens (tertiary/aromatic N) is 2. The second-order valence-corrected chi connectivity index (χ2v) is 18.7. The molecule has 0 radical (unpaired) electrons. The minimum Gasteiger partial charge on any atom is -0.340 e. The number of hydrogen-bond donors (Lipinski definition) is 0. The van der Waals surface area contributed by atoms with Crippen molar-refractivity contribution in [2.24, 2.45) is 5.92 Å². The van der Waals surface area contributed by atoms with E-state index in [-0.39, 0.29) is 0 Å². The third-order valence-corrected chi connectivity index (χ3v) is 13.1. The van der Waals surface area contributed by atoms with Gasteiger partial charge < -0.3 is 9.80 Å². The van der Waals surface area contributed by atoms with Crippen molar-refractivity contribution in [2.45, 2.75) is 304 Å². The SMILES string of the molecule is CCCCCCCCCCN(C(=O)CCCCN(C)CCCCCC)C(CCCCCCCCC)CCCCCCCCCCC(CCCC)CCCCCC. The Morgan fingerprint density at radius 2 is 0.643 bits per heavy atom. The summed E-state index contributed by atoms with van der Waals surface area (Å²) in [6, 6.07) is 0.464. The normalized spacial score (nSPS) is 12.8. The standard InChI is InChI=1S/C53H108N2O/c1-7-12-17-21-23-29-33-40-50-55(53(56)47-38-41-49-54(6)48-39-20-15-10-4)52(45-36-31-26-22-18-13-8-2)46-37-32-28-25-24-27-30-35-44-51(42-16-11-5)43-34-19-14-9-3/h51-52H,7-50H2,1-6H3. The van der Waals surface area contributed by atoms with Crippen LogP contribution in [0.15, 0.2) is 0 Å². The van der Waals surface area contributed by atoms with E-state index in [9.17, 15) is 4.79 Å². The maximum absolute atomic E-state index is 14.1. The third kappa shape index (κ3) is 37.7. The Hall–Kier alpha value is -0.570. The molecule has 0 saturated heterocycles. The molecule has 0 saturated carbocycles. The topological polar surface area (TPSA) is 23.6 Å². The molecule has 3 nitrogen and oxygen atoms in total. The molecule has 0 aliphatic rings. The Balaban J connectivity index is 5.01. The summed E-state index contributed by atoms with van der Waals surface area (Å²) in [6.07, 6.45) is 55.2. The quantitative estimate of drug-likeness (QED) is 0.0574. The number of amides is 1. The van der Waals surface area contributed by atoms with Crippen molar-refractivity contribution in [3.05, 3.63) is 0 Å². The molecular weight excluding hydrogens is 681 g/mol. The van der Waals surface area contributed by atoms with Crippen LogP contribution in [0.5, 0.6) is 0 Å². The third-order valence-electron chi connectivity index (χ3n) is 13.1. The van der Waals surface area contributed by atoms with E-state index in [1.165, 1.54) is 251 Å². The highest BCUT2D eigenvalue weighted by Crippen LogP contribution is 2.25. The molecule has 3 heteroatoms. The Labute approximate surface area is 355 Å². The first kappa shape index (κ1) is 55.4. The van der Waals surface area contributed by atoms with Crippen molar-refractivity contribution in [1.29, 1.82) is 0 Å². The second-order valence-electron chi connectivity index (χ2n) is 18.7. The zero-order chi connectivity index (χ0) is 41.0. The van der Waals surface area contributed by atoms with Crippen molar-refractivity contribution in [2.75, 3.05) is 26.7 Å². The molecule has 336 valence electrons. The Morgan fingerprint density at radius 1 is 0.339 bits per heavy atom. The van der Waals surface area contributed by atoms with Gasteiger partial charge in [-0.15, -0.1) is 0 Å². The zero-order valence-electron chi connectivity index (χ0n) is 40.1.